The molecule has 0 spiro atoms. The summed E-state index contributed by atoms with van der Waals surface area (Å²) in [6, 6.07) is 1.91. The highest BCUT2D eigenvalue weighted by atomic mass is 32.2. The minimum atomic E-state index is -0.920. The number of imidazole rings is 1. The van der Waals surface area contributed by atoms with Gasteiger partial charge in [0.05, 0.1) is 5.75 Å². The fraction of sp³-hybridized carbons (Fsp3) is 0.417. The first kappa shape index (κ1) is 15.0. The maximum Gasteiger partial charge on any atom is 0.313 e. The monoisotopic (exact) mass is 313 g/mol. The third kappa shape index (κ3) is 3.57. The molecule has 108 valence electrons. The summed E-state index contributed by atoms with van der Waals surface area (Å²) in [5, 5.41) is 9.38. The van der Waals surface area contributed by atoms with Crippen molar-refractivity contribution in [3.63, 3.8) is 0 Å². The second kappa shape index (κ2) is 6.36. The largest absolute Gasteiger partial charge is 0.481 e. The van der Waals surface area contributed by atoms with Crippen molar-refractivity contribution >= 4 is 39.7 Å². The van der Waals surface area contributed by atoms with E-state index in [0.717, 1.165) is 22.8 Å². The molecular weight excluding hydrogens is 298 g/mol. The lowest BCUT2D eigenvalue weighted by atomic mass is 10.3. The van der Waals surface area contributed by atoms with E-state index in [1.54, 1.807) is 12.5 Å². The van der Waals surface area contributed by atoms with Gasteiger partial charge in [0.2, 0.25) is 0 Å². The number of carbonyl (C=O) groups is 1. The van der Waals surface area contributed by atoms with Crippen LogP contribution in [0.2, 0.25) is 0 Å². The van der Waals surface area contributed by atoms with Gasteiger partial charge in [-0.25, -0.2) is 9.97 Å². The van der Waals surface area contributed by atoms with Crippen molar-refractivity contribution in [2.45, 2.75) is 18.6 Å². The van der Waals surface area contributed by atoms with Crippen LogP contribution in [0.15, 0.2) is 17.4 Å². The first-order valence-corrected chi connectivity index (χ1v) is 8.66. The molecule has 20 heavy (non-hydrogen) atoms. The molecule has 1 N–H and O–H groups in total. The van der Waals surface area contributed by atoms with E-state index in [4.69, 9.17) is 5.11 Å². The van der Waals surface area contributed by atoms with Gasteiger partial charge in [-0.3, -0.25) is 9.00 Å². The van der Waals surface area contributed by atoms with Gasteiger partial charge >= 0.3 is 5.97 Å². The molecule has 2 aromatic heterocycles. The van der Waals surface area contributed by atoms with E-state index in [1.165, 1.54) is 0 Å². The number of aliphatic carboxylic acids is 1. The number of aryl methyl sites for hydroxylation is 2. The molecule has 1 unspecified atom stereocenters. The topological polar surface area (TPSA) is 85.1 Å². The van der Waals surface area contributed by atoms with Gasteiger partial charge in [-0.15, -0.1) is 0 Å². The Labute approximate surface area is 123 Å². The van der Waals surface area contributed by atoms with Gasteiger partial charge in [0.15, 0.2) is 10.8 Å². The van der Waals surface area contributed by atoms with Gasteiger partial charge in [-0.05, 0) is 18.6 Å². The molecule has 2 rings (SSSR count). The highest BCUT2D eigenvalue weighted by molar-refractivity contribution is 7.99. The Balaban J connectivity index is 2.39. The van der Waals surface area contributed by atoms with Crippen LogP contribution in [-0.2, 0) is 22.1 Å². The number of rotatable bonds is 6. The SMILES string of the molecule is Cc1cnc2c(c1)nc(SCC(=O)O)n2CCS(C)=O. The van der Waals surface area contributed by atoms with Gasteiger partial charge in [0, 0.05) is 35.5 Å². The summed E-state index contributed by atoms with van der Waals surface area (Å²) in [6.07, 6.45) is 3.38. The molecule has 0 aliphatic heterocycles. The van der Waals surface area contributed by atoms with Crippen LogP contribution in [0.3, 0.4) is 0 Å². The number of hydrogen-bond acceptors (Lipinski definition) is 5. The van der Waals surface area contributed by atoms with Crippen molar-refractivity contribution in [1.82, 2.24) is 14.5 Å². The van der Waals surface area contributed by atoms with Crippen LogP contribution in [-0.4, -0.2) is 47.6 Å². The molecule has 0 radical (unpaired) electrons. The summed E-state index contributed by atoms with van der Waals surface area (Å²) in [7, 11) is -0.920. The summed E-state index contributed by atoms with van der Waals surface area (Å²) in [5.74, 6) is -0.462. The molecule has 2 aromatic rings. The fourth-order valence-electron chi connectivity index (χ4n) is 1.75. The number of pyridine rings is 1. The predicted molar refractivity (Wildman–Crippen MR) is 79.6 cm³/mol. The molecule has 0 fully saturated rings. The summed E-state index contributed by atoms with van der Waals surface area (Å²) in [6.45, 7) is 2.44. The van der Waals surface area contributed by atoms with Crippen molar-refractivity contribution in [2.75, 3.05) is 17.8 Å². The number of carboxylic acid groups (broad SMARTS) is 1. The van der Waals surface area contributed by atoms with Crippen LogP contribution < -0.4 is 0 Å². The zero-order valence-corrected chi connectivity index (χ0v) is 12.8. The average molecular weight is 313 g/mol. The summed E-state index contributed by atoms with van der Waals surface area (Å²) >= 11 is 1.15. The summed E-state index contributed by atoms with van der Waals surface area (Å²) < 4.78 is 13.1. The van der Waals surface area contributed by atoms with E-state index < -0.39 is 16.8 Å². The second-order valence-corrected chi connectivity index (χ2v) is 6.86. The van der Waals surface area contributed by atoms with Gasteiger partial charge < -0.3 is 9.67 Å². The van der Waals surface area contributed by atoms with E-state index in [1.807, 2.05) is 17.6 Å². The van der Waals surface area contributed by atoms with E-state index in [-0.39, 0.29) is 5.75 Å². The lowest BCUT2D eigenvalue weighted by Crippen LogP contribution is -2.09. The van der Waals surface area contributed by atoms with Crippen molar-refractivity contribution in [3.8, 4) is 0 Å². The van der Waals surface area contributed by atoms with E-state index in [2.05, 4.69) is 9.97 Å². The lowest BCUT2D eigenvalue weighted by molar-refractivity contribution is -0.133. The van der Waals surface area contributed by atoms with Gasteiger partial charge in [-0.1, -0.05) is 11.8 Å². The Bertz CT molecular complexity index is 669. The molecule has 6 nitrogen and oxygen atoms in total. The van der Waals surface area contributed by atoms with Crippen molar-refractivity contribution in [1.29, 1.82) is 0 Å². The number of carboxylic acids is 1. The van der Waals surface area contributed by atoms with Crippen molar-refractivity contribution in [3.05, 3.63) is 17.8 Å². The summed E-state index contributed by atoms with van der Waals surface area (Å²) in [4.78, 5) is 19.5. The second-order valence-electron chi connectivity index (χ2n) is 4.36. The normalized spacial score (nSPS) is 12.7. The maximum atomic E-state index is 11.3. The molecule has 0 aliphatic carbocycles. The van der Waals surface area contributed by atoms with E-state index in [0.29, 0.717) is 23.1 Å². The third-order valence-corrected chi connectivity index (χ3v) is 4.33. The first-order valence-electron chi connectivity index (χ1n) is 5.95. The van der Waals surface area contributed by atoms with Crippen LogP contribution in [0.1, 0.15) is 5.56 Å². The van der Waals surface area contributed by atoms with E-state index >= 15 is 0 Å². The quantitative estimate of drug-likeness (QED) is 0.809. The first-order chi connectivity index (χ1) is 9.47. The highest BCUT2D eigenvalue weighted by Crippen LogP contribution is 2.23. The van der Waals surface area contributed by atoms with Crippen LogP contribution in [0.25, 0.3) is 11.2 Å². The molecule has 0 saturated heterocycles. The minimum absolute atomic E-state index is 0.0580. The van der Waals surface area contributed by atoms with Gasteiger partial charge in [0.25, 0.3) is 0 Å². The molecule has 0 aromatic carbocycles. The van der Waals surface area contributed by atoms with Crippen LogP contribution in [0, 0.1) is 6.92 Å². The molecule has 1 atom stereocenters. The highest BCUT2D eigenvalue weighted by Gasteiger charge is 2.14. The van der Waals surface area contributed by atoms with Crippen LogP contribution in [0.4, 0.5) is 0 Å². The van der Waals surface area contributed by atoms with Crippen LogP contribution >= 0.6 is 11.8 Å². The zero-order chi connectivity index (χ0) is 14.7. The Morgan fingerprint density at radius 2 is 2.30 bits per heavy atom. The predicted octanol–water partition coefficient (Wildman–Crippen LogP) is 1.29. The standard InChI is InChI=1S/C12H15N3O3S2/c1-8-5-9-11(13-6-8)15(3-4-20(2)18)12(14-9)19-7-10(16)17/h5-6H,3-4,7H2,1-2H3,(H,16,17). The number of aromatic nitrogens is 3. The Kier molecular flexibility index (Phi) is 4.77. The van der Waals surface area contributed by atoms with E-state index in [9.17, 15) is 9.00 Å². The smallest absolute Gasteiger partial charge is 0.313 e. The molecule has 2 heterocycles. The molecular formula is C12H15N3O3S2. The third-order valence-electron chi connectivity index (χ3n) is 2.61. The fourth-order valence-corrected chi connectivity index (χ4v) is 2.94. The van der Waals surface area contributed by atoms with Crippen LogP contribution in [0.5, 0.6) is 0 Å². The Hall–Kier alpha value is -1.41. The summed E-state index contributed by atoms with van der Waals surface area (Å²) in [5.41, 5.74) is 2.43. The average Bonchev–Trinajstić information content (AvgIpc) is 2.70. The van der Waals surface area contributed by atoms with Crippen molar-refractivity contribution in [2.24, 2.45) is 0 Å². The zero-order valence-electron chi connectivity index (χ0n) is 11.2. The molecule has 0 saturated carbocycles. The number of nitrogens with zero attached hydrogens (tertiary/aromatic N) is 3. The minimum Gasteiger partial charge on any atom is -0.481 e. The molecule has 0 aliphatic rings. The lowest BCUT2D eigenvalue weighted by Gasteiger charge is -2.06. The van der Waals surface area contributed by atoms with Gasteiger partial charge in [-0.2, -0.15) is 0 Å². The maximum absolute atomic E-state index is 11.3. The Morgan fingerprint density at radius 3 is 2.95 bits per heavy atom. The molecule has 0 bridgehead atoms. The molecule has 0 amide bonds. The van der Waals surface area contributed by atoms with Crippen molar-refractivity contribution < 1.29 is 14.1 Å². The number of hydrogen-bond donors (Lipinski definition) is 1. The van der Waals surface area contributed by atoms with Gasteiger partial charge in [0.1, 0.15) is 5.52 Å². The Morgan fingerprint density at radius 1 is 1.55 bits per heavy atom. The number of fused-ring (bicyclic) bond motifs is 1. The number of thioether (sulfide) groups is 1. The molecule has 8 heteroatoms.